The summed E-state index contributed by atoms with van der Waals surface area (Å²) in [5.74, 6) is 0.469. The van der Waals surface area contributed by atoms with E-state index in [9.17, 15) is 14.9 Å². The summed E-state index contributed by atoms with van der Waals surface area (Å²) >= 11 is 4.06. The van der Waals surface area contributed by atoms with Gasteiger partial charge in [-0.05, 0) is 36.4 Å². The third kappa shape index (κ3) is 3.89. The molecule has 0 radical (unpaired) electrons. The predicted octanol–water partition coefficient (Wildman–Crippen LogP) is 4.34. The Bertz CT molecular complexity index is 1030. The fourth-order valence-corrected chi connectivity index (χ4v) is 4.69. The lowest BCUT2D eigenvalue weighted by Gasteiger charge is -2.04. The standard InChI is InChI=1S/C17H17N3O3S3/c1-3-11-4-5-12-14(10-11)26-17(19(12)8-9-24-2)18-16(21)13-6-7-15(25-13)20(22)23/h4-7,10H,3,8-9H2,1-2H3. The van der Waals surface area contributed by atoms with Gasteiger partial charge in [0, 0.05) is 18.4 Å². The topological polar surface area (TPSA) is 77.5 Å². The minimum Gasteiger partial charge on any atom is -0.316 e. The highest BCUT2D eigenvalue weighted by molar-refractivity contribution is 7.98. The van der Waals surface area contributed by atoms with Crippen molar-refractivity contribution in [1.29, 1.82) is 0 Å². The highest BCUT2D eigenvalue weighted by Crippen LogP contribution is 2.25. The summed E-state index contributed by atoms with van der Waals surface area (Å²) < 4.78 is 3.14. The second-order valence-electron chi connectivity index (χ2n) is 5.50. The van der Waals surface area contributed by atoms with Crippen molar-refractivity contribution in [3.8, 4) is 0 Å². The lowest BCUT2D eigenvalue weighted by Crippen LogP contribution is -2.18. The molecule has 3 aromatic rings. The SMILES string of the molecule is CCc1ccc2c(c1)sc(=NC(=O)c1ccc([N+](=O)[O-])s1)n2CCSC. The molecule has 1 amide bonds. The molecule has 9 heteroatoms. The number of aryl methyl sites for hydroxylation is 2. The summed E-state index contributed by atoms with van der Waals surface area (Å²) in [6.45, 7) is 2.86. The van der Waals surface area contributed by atoms with Crippen LogP contribution in [0, 0.1) is 10.1 Å². The number of nitrogens with zero attached hydrogens (tertiary/aromatic N) is 3. The first-order chi connectivity index (χ1) is 12.5. The van der Waals surface area contributed by atoms with E-state index in [0.717, 1.165) is 40.3 Å². The van der Waals surface area contributed by atoms with Crippen LogP contribution >= 0.6 is 34.4 Å². The third-order valence-corrected chi connectivity index (χ3v) is 6.51. The number of benzene rings is 1. The molecule has 0 bridgehead atoms. The van der Waals surface area contributed by atoms with E-state index in [-0.39, 0.29) is 9.88 Å². The first-order valence-corrected chi connectivity index (χ1v) is 11.0. The molecule has 0 saturated heterocycles. The van der Waals surface area contributed by atoms with Gasteiger partial charge in [0.05, 0.1) is 15.1 Å². The molecule has 0 aliphatic rings. The molecule has 2 heterocycles. The van der Waals surface area contributed by atoms with Gasteiger partial charge in [-0.25, -0.2) is 0 Å². The molecule has 0 unspecified atom stereocenters. The first-order valence-electron chi connectivity index (χ1n) is 7.98. The summed E-state index contributed by atoms with van der Waals surface area (Å²) in [6, 6.07) is 9.11. The van der Waals surface area contributed by atoms with Crippen molar-refractivity contribution in [2.45, 2.75) is 19.9 Å². The highest BCUT2D eigenvalue weighted by atomic mass is 32.2. The van der Waals surface area contributed by atoms with E-state index < -0.39 is 10.8 Å². The van der Waals surface area contributed by atoms with Gasteiger partial charge in [0.2, 0.25) is 0 Å². The number of rotatable bonds is 6. The van der Waals surface area contributed by atoms with Gasteiger partial charge in [-0.2, -0.15) is 16.8 Å². The highest BCUT2D eigenvalue weighted by Gasteiger charge is 2.15. The predicted molar refractivity (Wildman–Crippen MR) is 108 cm³/mol. The third-order valence-electron chi connectivity index (χ3n) is 3.85. The Balaban J connectivity index is 2.07. The average Bonchev–Trinajstić information content (AvgIpc) is 3.24. The van der Waals surface area contributed by atoms with Gasteiger partial charge in [-0.15, -0.1) is 0 Å². The van der Waals surface area contributed by atoms with Crippen molar-refractivity contribution in [3.63, 3.8) is 0 Å². The van der Waals surface area contributed by atoms with E-state index in [1.807, 2.05) is 6.26 Å². The number of aromatic nitrogens is 1. The van der Waals surface area contributed by atoms with Crippen molar-refractivity contribution in [2.24, 2.45) is 4.99 Å². The molecule has 6 nitrogen and oxygen atoms in total. The fourth-order valence-electron chi connectivity index (χ4n) is 2.50. The summed E-state index contributed by atoms with van der Waals surface area (Å²) in [5, 5.41) is 10.8. The molecular weight excluding hydrogens is 390 g/mol. The van der Waals surface area contributed by atoms with Crippen molar-refractivity contribution in [3.05, 3.63) is 55.7 Å². The average molecular weight is 408 g/mol. The Morgan fingerprint density at radius 3 is 2.77 bits per heavy atom. The van der Waals surface area contributed by atoms with Crippen LogP contribution in [0.5, 0.6) is 0 Å². The van der Waals surface area contributed by atoms with Crippen LogP contribution in [0.25, 0.3) is 10.2 Å². The van der Waals surface area contributed by atoms with Gasteiger partial charge in [0.25, 0.3) is 5.91 Å². The molecule has 0 fully saturated rings. The molecular formula is C17H17N3O3S3. The number of hydrogen-bond acceptors (Lipinski definition) is 6. The lowest BCUT2D eigenvalue weighted by molar-refractivity contribution is -0.380. The Hall–Kier alpha value is -1.97. The molecule has 2 aromatic heterocycles. The number of carbonyl (C=O) groups excluding carboxylic acids is 1. The largest absolute Gasteiger partial charge is 0.324 e. The zero-order valence-electron chi connectivity index (χ0n) is 14.3. The zero-order valence-corrected chi connectivity index (χ0v) is 16.7. The summed E-state index contributed by atoms with van der Waals surface area (Å²) in [7, 11) is 0. The van der Waals surface area contributed by atoms with Gasteiger partial charge in [-0.1, -0.05) is 35.7 Å². The Morgan fingerprint density at radius 2 is 2.12 bits per heavy atom. The van der Waals surface area contributed by atoms with E-state index in [1.165, 1.54) is 29.0 Å². The number of fused-ring (bicyclic) bond motifs is 1. The van der Waals surface area contributed by atoms with Crippen molar-refractivity contribution in [1.82, 2.24) is 4.57 Å². The Kier molecular flexibility index (Phi) is 5.90. The number of thioether (sulfide) groups is 1. The van der Waals surface area contributed by atoms with Crippen LogP contribution in [0.1, 0.15) is 22.2 Å². The van der Waals surface area contributed by atoms with Crippen LogP contribution in [0.3, 0.4) is 0 Å². The Morgan fingerprint density at radius 1 is 1.31 bits per heavy atom. The molecule has 136 valence electrons. The van der Waals surface area contributed by atoms with E-state index in [2.05, 4.69) is 34.7 Å². The monoisotopic (exact) mass is 407 g/mol. The second kappa shape index (κ2) is 8.15. The van der Waals surface area contributed by atoms with E-state index in [1.54, 1.807) is 11.8 Å². The number of amides is 1. The van der Waals surface area contributed by atoms with E-state index in [0.29, 0.717) is 4.80 Å². The number of nitro groups is 1. The van der Waals surface area contributed by atoms with Gasteiger partial charge >= 0.3 is 5.00 Å². The fraction of sp³-hybridized carbons (Fsp3) is 0.294. The minimum absolute atomic E-state index is 0.0530. The molecule has 0 atom stereocenters. The van der Waals surface area contributed by atoms with Crippen molar-refractivity contribution in [2.75, 3.05) is 12.0 Å². The van der Waals surface area contributed by atoms with Crippen LogP contribution in [-0.4, -0.2) is 27.4 Å². The van der Waals surface area contributed by atoms with Crippen LogP contribution in [-0.2, 0) is 13.0 Å². The molecule has 0 aliphatic carbocycles. The van der Waals surface area contributed by atoms with Gasteiger partial charge in [0.15, 0.2) is 4.80 Å². The molecule has 0 aliphatic heterocycles. The number of hydrogen-bond donors (Lipinski definition) is 0. The number of thiophene rings is 1. The van der Waals surface area contributed by atoms with Gasteiger partial charge in [0.1, 0.15) is 4.88 Å². The minimum atomic E-state index is -0.494. The number of thiazole rings is 1. The van der Waals surface area contributed by atoms with Crippen LogP contribution < -0.4 is 4.80 Å². The van der Waals surface area contributed by atoms with Crippen LogP contribution in [0.2, 0.25) is 0 Å². The quantitative estimate of drug-likeness (QED) is 0.450. The van der Waals surface area contributed by atoms with E-state index in [4.69, 9.17) is 0 Å². The molecule has 26 heavy (non-hydrogen) atoms. The lowest BCUT2D eigenvalue weighted by atomic mass is 10.2. The van der Waals surface area contributed by atoms with Crippen molar-refractivity contribution < 1.29 is 9.72 Å². The molecule has 0 spiro atoms. The number of carbonyl (C=O) groups is 1. The van der Waals surface area contributed by atoms with Gasteiger partial charge < -0.3 is 4.57 Å². The summed E-state index contributed by atoms with van der Waals surface area (Å²) in [6.07, 6.45) is 2.99. The first kappa shape index (κ1) is 18.8. The molecule has 0 N–H and O–H groups in total. The smallest absolute Gasteiger partial charge is 0.316 e. The summed E-state index contributed by atoms with van der Waals surface area (Å²) in [5.41, 5.74) is 2.30. The van der Waals surface area contributed by atoms with Crippen LogP contribution in [0.4, 0.5) is 5.00 Å². The summed E-state index contributed by atoms with van der Waals surface area (Å²) in [4.78, 5) is 28.0. The van der Waals surface area contributed by atoms with Gasteiger partial charge in [-0.3, -0.25) is 14.9 Å². The zero-order chi connectivity index (χ0) is 18.7. The second-order valence-corrected chi connectivity index (χ2v) is 8.55. The van der Waals surface area contributed by atoms with Crippen LogP contribution in [0.15, 0.2) is 35.3 Å². The molecule has 1 aromatic carbocycles. The maximum Gasteiger partial charge on any atom is 0.324 e. The maximum atomic E-state index is 12.5. The maximum absolute atomic E-state index is 12.5. The van der Waals surface area contributed by atoms with E-state index >= 15 is 0 Å². The van der Waals surface area contributed by atoms with Crippen molar-refractivity contribution >= 4 is 55.6 Å². The molecule has 3 rings (SSSR count). The molecule has 0 saturated carbocycles. The Labute approximate surface area is 162 Å². The normalized spacial score (nSPS) is 12.0.